The number of hydrogen-bond donors (Lipinski definition) is 0. The van der Waals surface area contributed by atoms with Crippen molar-refractivity contribution in [1.82, 2.24) is 4.90 Å². The van der Waals surface area contributed by atoms with Crippen LogP contribution in [0, 0.1) is 0 Å². The molecule has 0 fully saturated rings. The summed E-state index contributed by atoms with van der Waals surface area (Å²) in [6.07, 6.45) is -0.472. The average Bonchev–Trinajstić information content (AvgIpc) is 2.48. The van der Waals surface area contributed by atoms with Crippen molar-refractivity contribution in [3.8, 4) is 5.75 Å². The molecule has 0 bridgehead atoms. The van der Waals surface area contributed by atoms with Crippen molar-refractivity contribution >= 4 is 46.2 Å². The second-order valence-electron chi connectivity index (χ2n) is 4.75. The van der Waals surface area contributed by atoms with Gasteiger partial charge in [-0.15, -0.1) is 0 Å². The van der Waals surface area contributed by atoms with E-state index in [9.17, 15) is 4.79 Å². The Morgan fingerprint density at radius 1 is 1.10 bits per heavy atom. The van der Waals surface area contributed by atoms with E-state index in [2.05, 4.69) is 0 Å². The number of nitrogens with zero attached hydrogens (tertiary/aromatic N) is 1. The van der Waals surface area contributed by atoms with Gasteiger partial charge in [0.15, 0.2) is 6.10 Å². The zero-order valence-corrected chi connectivity index (χ0v) is 12.3. The van der Waals surface area contributed by atoms with Crippen LogP contribution in [0.2, 0.25) is 0 Å². The molecule has 2 aromatic carbocycles. The molecular formula is C17H22NNaO2. The molecule has 2 aromatic rings. The third-order valence-corrected chi connectivity index (χ3v) is 3.48. The number of carbonyl (C=O) groups excluding carboxylic acids is 1. The van der Waals surface area contributed by atoms with E-state index in [1.807, 2.05) is 63.2 Å². The zero-order valence-electron chi connectivity index (χ0n) is 12.3. The first-order chi connectivity index (χ1) is 9.67. The molecule has 0 saturated carbocycles. The maximum atomic E-state index is 12.2. The van der Waals surface area contributed by atoms with Gasteiger partial charge in [0, 0.05) is 18.5 Å². The molecule has 0 aliphatic rings. The maximum absolute atomic E-state index is 12.2. The summed E-state index contributed by atoms with van der Waals surface area (Å²) in [7, 11) is 0. The van der Waals surface area contributed by atoms with E-state index in [0.29, 0.717) is 13.1 Å². The van der Waals surface area contributed by atoms with Gasteiger partial charge in [-0.05, 0) is 32.2 Å². The Morgan fingerprint density at radius 2 is 1.71 bits per heavy atom. The molecule has 0 saturated heterocycles. The monoisotopic (exact) mass is 295 g/mol. The Hall–Kier alpha value is -1.03. The van der Waals surface area contributed by atoms with Gasteiger partial charge < -0.3 is 9.64 Å². The average molecular weight is 295 g/mol. The normalized spacial score (nSPS) is 11.6. The standard InChI is InChI=1S/C17H21NO2.Na.H/c1-4-18(5-2)17(19)13(3)20-16-12-8-10-14-9-6-7-11-15(14)16;;/h6-13H,4-5H2,1-3H3;;. The molecule has 2 rings (SSSR count). The summed E-state index contributed by atoms with van der Waals surface area (Å²) in [5.41, 5.74) is 0. The minimum absolute atomic E-state index is 0. The molecule has 0 aliphatic carbocycles. The quantitative estimate of drug-likeness (QED) is 0.794. The van der Waals surface area contributed by atoms with Crippen molar-refractivity contribution in [2.75, 3.05) is 13.1 Å². The van der Waals surface area contributed by atoms with E-state index < -0.39 is 6.10 Å². The summed E-state index contributed by atoms with van der Waals surface area (Å²) in [4.78, 5) is 14.0. The van der Waals surface area contributed by atoms with Crippen LogP contribution in [0.3, 0.4) is 0 Å². The van der Waals surface area contributed by atoms with E-state index in [0.717, 1.165) is 16.5 Å². The Kier molecular flexibility index (Phi) is 7.23. The van der Waals surface area contributed by atoms with E-state index in [1.54, 1.807) is 4.90 Å². The fourth-order valence-electron chi connectivity index (χ4n) is 2.33. The van der Waals surface area contributed by atoms with Crippen LogP contribution in [0.1, 0.15) is 20.8 Å². The number of likely N-dealkylation sites (N-methyl/N-ethyl adjacent to an activating group) is 1. The first kappa shape index (κ1) is 18.0. The predicted molar refractivity (Wildman–Crippen MR) is 89.1 cm³/mol. The molecule has 0 aliphatic heterocycles. The number of ether oxygens (including phenoxy) is 1. The number of hydrogen-bond acceptors (Lipinski definition) is 2. The van der Waals surface area contributed by atoms with Crippen molar-refractivity contribution < 1.29 is 9.53 Å². The van der Waals surface area contributed by atoms with Gasteiger partial charge in [-0.2, -0.15) is 0 Å². The van der Waals surface area contributed by atoms with E-state index in [4.69, 9.17) is 4.74 Å². The van der Waals surface area contributed by atoms with Crippen LogP contribution in [-0.2, 0) is 4.79 Å². The van der Waals surface area contributed by atoms with Crippen LogP contribution in [-0.4, -0.2) is 59.6 Å². The molecule has 0 N–H and O–H groups in total. The first-order valence-electron chi connectivity index (χ1n) is 7.10. The molecule has 0 aromatic heterocycles. The van der Waals surface area contributed by atoms with Crippen LogP contribution in [0.5, 0.6) is 5.75 Å². The molecule has 0 heterocycles. The van der Waals surface area contributed by atoms with Gasteiger partial charge >= 0.3 is 29.6 Å². The summed E-state index contributed by atoms with van der Waals surface area (Å²) in [5, 5.41) is 2.15. The Balaban J connectivity index is 0.00000220. The summed E-state index contributed by atoms with van der Waals surface area (Å²) in [6, 6.07) is 13.9. The van der Waals surface area contributed by atoms with Crippen LogP contribution in [0.4, 0.5) is 0 Å². The van der Waals surface area contributed by atoms with Crippen molar-refractivity contribution in [3.63, 3.8) is 0 Å². The molecular weight excluding hydrogens is 273 g/mol. The number of fused-ring (bicyclic) bond motifs is 1. The molecule has 1 unspecified atom stereocenters. The fraction of sp³-hybridized carbons (Fsp3) is 0.353. The van der Waals surface area contributed by atoms with E-state index in [1.165, 1.54) is 0 Å². The van der Waals surface area contributed by atoms with Gasteiger partial charge in [-0.3, -0.25) is 4.79 Å². The van der Waals surface area contributed by atoms with Crippen molar-refractivity contribution in [3.05, 3.63) is 42.5 Å². The van der Waals surface area contributed by atoms with Gasteiger partial charge in [0.2, 0.25) is 0 Å². The van der Waals surface area contributed by atoms with Crippen molar-refractivity contribution in [2.45, 2.75) is 26.9 Å². The summed E-state index contributed by atoms with van der Waals surface area (Å²) < 4.78 is 5.88. The molecule has 3 nitrogen and oxygen atoms in total. The van der Waals surface area contributed by atoms with Gasteiger partial charge in [0.05, 0.1) is 0 Å². The number of benzene rings is 2. The summed E-state index contributed by atoms with van der Waals surface area (Å²) in [6.45, 7) is 7.18. The molecule has 21 heavy (non-hydrogen) atoms. The Morgan fingerprint density at radius 3 is 2.38 bits per heavy atom. The van der Waals surface area contributed by atoms with Crippen LogP contribution in [0.25, 0.3) is 10.8 Å². The Labute approximate surface area is 148 Å². The van der Waals surface area contributed by atoms with Crippen molar-refractivity contribution in [1.29, 1.82) is 0 Å². The Bertz CT molecular complexity index is 591. The second kappa shape index (κ2) is 8.42. The molecule has 108 valence electrons. The van der Waals surface area contributed by atoms with Gasteiger partial charge in [-0.1, -0.05) is 36.4 Å². The van der Waals surface area contributed by atoms with Crippen LogP contribution in [0.15, 0.2) is 42.5 Å². The van der Waals surface area contributed by atoms with E-state index in [-0.39, 0.29) is 35.5 Å². The number of amides is 1. The first-order valence-corrected chi connectivity index (χ1v) is 7.10. The summed E-state index contributed by atoms with van der Waals surface area (Å²) in [5.74, 6) is 0.791. The molecule has 0 spiro atoms. The van der Waals surface area contributed by atoms with Crippen molar-refractivity contribution in [2.24, 2.45) is 0 Å². The SMILES string of the molecule is CCN(CC)C(=O)C(C)Oc1cccc2ccccc12.[NaH]. The van der Waals surface area contributed by atoms with Crippen LogP contribution < -0.4 is 4.74 Å². The second-order valence-corrected chi connectivity index (χ2v) is 4.75. The fourth-order valence-corrected chi connectivity index (χ4v) is 2.33. The van der Waals surface area contributed by atoms with Gasteiger partial charge in [0.1, 0.15) is 5.75 Å². The van der Waals surface area contributed by atoms with Gasteiger partial charge in [0.25, 0.3) is 5.91 Å². The number of rotatable bonds is 5. The minimum atomic E-state index is -0.472. The van der Waals surface area contributed by atoms with Crippen LogP contribution >= 0.6 is 0 Å². The van der Waals surface area contributed by atoms with Gasteiger partial charge in [-0.25, -0.2) is 0 Å². The third-order valence-electron chi connectivity index (χ3n) is 3.48. The zero-order chi connectivity index (χ0) is 14.5. The third kappa shape index (κ3) is 4.22. The molecule has 1 atom stereocenters. The topological polar surface area (TPSA) is 29.5 Å². The molecule has 1 amide bonds. The predicted octanol–water partition coefficient (Wildman–Crippen LogP) is 2.83. The number of carbonyl (C=O) groups is 1. The summed E-state index contributed by atoms with van der Waals surface area (Å²) >= 11 is 0. The van der Waals surface area contributed by atoms with E-state index >= 15 is 0 Å². The molecule has 0 radical (unpaired) electrons. The molecule has 4 heteroatoms.